The molecular weight excluding hydrogens is 306 g/mol. The van der Waals surface area contributed by atoms with Crippen molar-refractivity contribution in [2.75, 3.05) is 0 Å². The molecule has 6 heteroatoms. The Balaban J connectivity index is 2.26. The van der Waals surface area contributed by atoms with Crippen LogP contribution in [0.15, 0.2) is 53.7 Å². The summed E-state index contributed by atoms with van der Waals surface area (Å²) in [6, 6.07) is 14.9. The molecule has 0 saturated heterocycles. The Morgan fingerprint density at radius 2 is 1.88 bits per heavy atom. The highest BCUT2D eigenvalue weighted by Gasteiger charge is 2.14. The van der Waals surface area contributed by atoms with E-state index >= 15 is 0 Å². The average Bonchev–Trinajstić information content (AvgIpc) is 2.62. The van der Waals surface area contributed by atoms with Gasteiger partial charge in [-0.3, -0.25) is 10.1 Å². The molecule has 2 aromatic carbocycles. The van der Waals surface area contributed by atoms with Crippen molar-refractivity contribution in [1.82, 2.24) is 0 Å². The first-order chi connectivity index (χ1) is 11.5. The van der Waals surface area contributed by atoms with Crippen molar-refractivity contribution in [1.29, 1.82) is 5.26 Å². The van der Waals surface area contributed by atoms with Crippen LogP contribution in [0.1, 0.15) is 31.4 Å². The van der Waals surface area contributed by atoms with Gasteiger partial charge in [0.05, 0.1) is 22.3 Å². The summed E-state index contributed by atoms with van der Waals surface area (Å²) < 4.78 is 0. The maximum Gasteiger partial charge on any atom is 0.269 e. The third kappa shape index (κ3) is 4.17. The second-order valence-corrected chi connectivity index (χ2v) is 5.32. The Morgan fingerprint density at radius 3 is 2.38 bits per heavy atom. The summed E-state index contributed by atoms with van der Waals surface area (Å²) in [4.78, 5) is 15.8. The van der Waals surface area contributed by atoms with Crippen molar-refractivity contribution in [2.45, 2.75) is 20.3 Å². The summed E-state index contributed by atoms with van der Waals surface area (Å²) in [5.41, 5.74) is 2.08. The minimum atomic E-state index is -0.433. The Bertz CT molecular complexity index is 775. The zero-order valence-corrected chi connectivity index (χ0v) is 13.5. The summed E-state index contributed by atoms with van der Waals surface area (Å²) in [5, 5.41) is 23.8. The van der Waals surface area contributed by atoms with E-state index in [0.29, 0.717) is 11.3 Å². The number of nitrogens with zero attached hydrogens (tertiary/aromatic N) is 3. The molecule has 1 atom stereocenters. The van der Waals surface area contributed by atoms with E-state index in [9.17, 15) is 10.1 Å². The van der Waals surface area contributed by atoms with Crippen LogP contribution in [-0.4, -0.2) is 10.6 Å². The fraction of sp³-hybridized carbons (Fsp3) is 0.222. The second kappa shape index (κ2) is 7.88. The SMILES string of the molecule is CCC(C)/C(=N/Oc1ccc(C#N)cc1)c1ccc([N+](=O)[O-])cc1. The Labute approximate surface area is 140 Å². The van der Waals surface area contributed by atoms with Gasteiger partial charge in [0.25, 0.3) is 5.69 Å². The highest BCUT2D eigenvalue weighted by Crippen LogP contribution is 2.19. The van der Waals surface area contributed by atoms with Gasteiger partial charge in [-0.25, -0.2) is 0 Å². The molecule has 0 aliphatic carbocycles. The lowest BCUT2D eigenvalue weighted by Crippen LogP contribution is -2.13. The average molecular weight is 323 g/mol. The van der Waals surface area contributed by atoms with E-state index in [1.54, 1.807) is 36.4 Å². The lowest BCUT2D eigenvalue weighted by molar-refractivity contribution is -0.384. The standard InChI is InChI=1S/C18H17N3O3/c1-3-13(2)18(15-6-8-16(9-7-15)21(22)23)20-24-17-10-4-14(12-19)5-11-17/h4-11,13H,3H2,1-2H3/b20-18-. The highest BCUT2D eigenvalue weighted by molar-refractivity contribution is 6.01. The van der Waals surface area contributed by atoms with Crippen molar-refractivity contribution < 1.29 is 9.76 Å². The van der Waals surface area contributed by atoms with Crippen LogP contribution in [0.4, 0.5) is 5.69 Å². The van der Waals surface area contributed by atoms with Crippen molar-refractivity contribution in [2.24, 2.45) is 11.1 Å². The van der Waals surface area contributed by atoms with Gasteiger partial charge in [0.15, 0.2) is 5.75 Å². The van der Waals surface area contributed by atoms with Crippen LogP contribution >= 0.6 is 0 Å². The first kappa shape index (κ1) is 17.2. The largest absolute Gasteiger partial charge is 0.357 e. The normalized spacial score (nSPS) is 12.3. The number of nitro benzene ring substituents is 1. The molecule has 0 radical (unpaired) electrons. The minimum absolute atomic E-state index is 0.0373. The molecule has 0 spiro atoms. The first-order valence-corrected chi connectivity index (χ1v) is 7.55. The summed E-state index contributed by atoms with van der Waals surface area (Å²) >= 11 is 0. The summed E-state index contributed by atoms with van der Waals surface area (Å²) in [5.74, 6) is 0.654. The molecule has 0 saturated carbocycles. The van der Waals surface area contributed by atoms with Crippen LogP contribution in [0.2, 0.25) is 0 Å². The molecule has 0 bridgehead atoms. The van der Waals surface area contributed by atoms with Gasteiger partial charge in [0, 0.05) is 23.6 Å². The summed E-state index contributed by atoms with van der Waals surface area (Å²) in [6.07, 6.45) is 0.854. The van der Waals surface area contributed by atoms with Crippen LogP contribution in [0, 0.1) is 27.4 Å². The van der Waals surface area contributed by atoms with Gasteiger partial charge in [0.2, 0.25) is 0 Å². The third-order valence-electron chi connectivity index (χ3n) is 3.69. The van der Waals surface area contributed by atoms with E-state index < -0.39 is 4.92 Å². The molecule has 24 heavy (non-hydrogen) atoms. The van der Waals surface area contributed by atoms with E-state index in [-0.39, 0.29) is 11.6 Å². The monoisotopic (exact) mass is 323 g/mol. The smallest absolute Gasteiger partial charge is 0.269 e. The van der Waals surface area contributed by atoms with E-state index in [4.69, 9.17) is 10.1 Å². The quantitative estimate of drug-likeness (QED) is 0.450. The van der Waals surface area contributed by atoms with E-state index in [1.165, 1.54) is 12.1 Å². The van der Waals surface area contributed by atoms with Crippen LogP contribution in [-0.2, 0) is 0 Å². The predicted octanol–water partition coefficient (Wildman–Crippen LogP) is 4.30. The summed E-state index contributed by atoms with van der Waals surface area (Å²) in [6.45, 7) is 4.05. The maximum absolute atomic E-state index is 10.8. The first-order valence-electron chi connectivity index (χ1n) is 7.55. The molecule has 0 aromatic heterocycles. The molecule has 0 N–H and O–H groups in total. The maximum atomic E-state index is 10.8. The lowest BCUT2D eigenvalue weighted by atomic mass is 9.96. The van der Waals surface area contributed by atoms with Crippen LogP contribution in [0.25, 0.3) is 0 Å². The molecule has 0 amide bonds. The number of hydrogen-bond acceptors (Lipinski definition) is 5. The van der Waals surface area contributed by atoms with Crippen molar-refractivity contribution in [3.63, 3.8) is 0 Å². The molecule has 1 unspecified atom stereocenters. The number of non-ortho nitro benzene ring substituents is 1. The van der Waals surface area contributed by atoms with E-state index in [2.05, 4.69) is 5.16 Å². The zero-order valence-electron chi connectivity index (χ0n) is 13.5. The topological polar surface area (TPSA) is 88.5 Å². The van der Waals surface area contributed by atoms with Gasteiger partial charge < -0.3 is 4.84 Å². The molecule has 0 aliphatic rings. The number of nitriles is 1. The molecule has 122 valence electrons. The lowest BCUT2D eigenvalue weighted by Gasteiger charge is -2.12. The van der Waals surface area contributed by atoms with Crippen molar-refractivity contribution in [3.8, 4) is 11.8 Å². The van der Waals surface area contributed by atoms with Crippen LogP contribution in [0.5, 0.6) is 5.75 Å². The van der Waals surface area contributed by atoms with Gasteiger partial charge in [-0.2, -0.15) is 5.26 Å². The highest BCUT2D eigenvalue weighted by atomic mass is 16.6. The molecule has 0 fully saturated rings. The molecule has 2 aromatic rings. The molecular formula is C18H17N3O3. The van der Waals surface area contributed by atoms with E-state index in [0.717, 1.165) is 17.7 Å². The Hall–Kier alpha value is -3.20. The van der Waals surface area contributed by atoms with Gasteiger partial charge in [-0.05, 0) is 42.8 Å². The molecule has 0 aliphatic heterocycles. The van der Waals surface area contributed by atoms with Crippen LogP contribution < -0.4 is 4.84 Å². The molecule has 0 heterocycles. The molecule has 6 nitrogen and oxygen atoms in total. The zero-order chi connectivity index (χ0) is 17.5. The number of benzene rings is 2. The van der Waals surface area contributed by atoms with E-state index in [1.807, 2.05) is 19.9 Å². The Kier molecular flexibility index (Phi) is 5.63. The van der Waals surface area contributed by atoms with Crippen molar-refractivity contribution >= 4 is 11.4 Å². The predicted molar refractivity (Wildman–Crippen MR) is 90.9 cm³/mol. The van der Waals surface area contributed by atoms with Crippen molar-refractivity contribution in [3.05, 3.63) is 69.8 Å². The molecule has 2 rings (SSSR count). The second-order valence-electron chi connectivity index (χ2n) is 5.32. The van der Waals surface area contributed by atoms with Gasteiger partial charge >= 0.3 is 0 Å². The Morgan fingerprint density at radius 1 is 1.25 bits per heavy atom. The minimum Gasteiger partial charge on any atom is -0.357 e. The fourth-order valence-electron chi connectivity index (χ4n) is 2.07. The van der Waals surface area contributed by atoms with Gasteiger partial charge in [-0.1, -0.05) is 19.0 Å². The summed E-state index contributed by atoms with van der Waals surface area (Å²) in [7, 11) is 0. The number of rotatable bonds is 6. The number of oxime groups is 1. The van der Waals surface area contributed by atoms with Crippen LogP contribution in [0.3, 0.4) is 0 Å². The van der Waals surface area contributed by atoms with Gasteiger partial charge in [-0.15, -0.1) is 0 Å². The van der Waals surface area contributed by atoms with Gasteiger partial charge in [0.1, 0.15) is 0 Å². The third-order valence-corrected chi connectivity index (χ3v) is 3.69. The number of hydrogen-bond donors (Lipinski definition) is 0. The fourth-order valence-corrected chi connectivity index (χ4v) is 2.07. The number of nitro groups is 1.